The van der Waals surface area contributed by atoms with Gasteiger partial charge in [-0.05, 0) is 40.2 Å². The van der Waals surface area contributed by atoms with E-state index < -0.39 is 28.9 Å². The van der Waals surface area contributed by atoms with Gasteiger partial charge in [0.25, 0.3) is 5.56 Å². The van der Waals surface area contributed by atoms with Crippen LogP contribution in [0.5, 0.6) is 0 Å². The van der Waals surface area contributed by atoms with Gasteiger partial charge >= 0.3 is 6.18 Å². The number of carbonyl (C=O) groups excluding carboxylic acids is 1. The van der Waals surface area contributed by atoms with Crippen molar-refractivity contribution in [3.63, 3.8) is 0 Å². The van der Waals surface area contributed by atoms with Gasteiger partial charge in [0.1, 0.15) is 6.04 Å². The number of halogens is 3. The lowest BCUT2D eigenvalue weighted by Crippen LogP contribution is -2.46. The molecule has 0 aliphatic heterocycles. The van der Waals surface area contributed by atoms with E-state index in [2.05, 4.69) is 5.32 Å². The maximum Gasteiger partial charge on any atom is 0.416 e. The van der Waals surface area contributed by atoms with Crippen LogP contribution in [-0.4, -0.2) is 16.0 Å². The molecule has 7 heteroatoms. The molecule has 22 heavy (non-hydrogen) atoms. The van der Waals surface area contributed by atoms with Crippen molar-refractivity contribution in [3.8, 4) is 0 Å². The summed E-state index contributed by atoms with van der Waals surface area (Å²) in [5, 5.41) is 2.75. The van der Waals surface area contributed by atoms with Gasteiger partial charge in [-0.1, -0.05) is 6.92 Å². The van der Waals surface area contributed by atoms with Gasteiger partial charge in [-0.25, -0.2) is 0 Å². The number of carbonyl (C=O) groups is 1. The Balaban J connectivity index is 3.30. The zero-order valence-electron chi connectivity index (χ0n) is 13.3. The minimum Gasteiger partial charge on any atom is -0.350 e. The predicted molar refractivity (Wildman–Crippen MR) is 77.7 cm³/mol. The summed E-state index contributed by atoms with van der Waals surface area (Å²) in [6.45, 7) is 8.47. The lowest BCUT2D eigenvalue weighted by Gasteiger charge is -2.26. The monoisotopic (exact) mass is 318 g/mol. The molecule has 0 saturated heterocycles. The molecular weight excluding hydrogens is 297 g/mol. The van der Waals surface area contributed by atoms with Crippen molar-refractivity contribution in [3.05, 3.63) is 33.7 Å². The van der Waals surface area contributed by atoms with Crippen molar-refractivity contribution in [2.24, 2.45) is 0 Å². The zero-order valence-corrected chi connectivity index (χ0v) is 13.3. The second kappa shape index (κ2) is 6.14. The third-order valence-electron chi connectivity index (χ3n) is 3.09. The Morgan fingerprint density at radius 1 is 1.27 bits per heavy atom. The highest BCUT2D eigenvalue weighted by Gasteiger charge is 2.33. The smallest absolute Gasteiger partial charge is 0.350 e. The molecule has 1 aromatic heterocycles. The maximum absolute atomic E-state index is 12.7. The summed E-state index contributed by atoms with van der Waals surface area (Å²) in [6, 6.07) is 0.572. The molecule has 1 amide bonds. The number of pyridine rings is 1. The Bertz CT molecular complexity index is 613. The topological polar surface area (TPSA) is 51.1 Å². The second-order valence-corrected chi connectivity index (χ2v) is 6.25. The first-order chi connectivity index (χ1) is 9.86. The molecule has 0 aromatic carbocycles. The van der Waals surface area contributed by atoms with Crippen molar-refractivity contribution in [2.45, 2.75) is 58.8 Å². The molecule has 0 unspecified atom stereocenters. The van der Waals surface area contributed by atoms with Gasteiger partial charge in [0.05, 0.1) is 5.56 Å². The van der Waals surface area contributed by atoms with Crippen LogP contribution >= 0.6 is 0 Å². The Labute approximate surface area is 127 Å². The summed E-state index contributed by atoms with van der Waals surface area (Å²) in [7, 11) is 0. The summed E-state index contributed by atoms with van der Waals surface area (Å²) >= 11 is 0. The average Bonchev–Trinajstić information content (AvgIpc) is 2.29. The Morgan fingerprint density at radius 2 is 1.82 bits per heavy atom. The summed E-state index contributed by atoms with van der Waals surface area (Å²) in [6.07, 6.45) is -4.29. The van der Waals surface area contributed by atoms with Crippen molar-refractivity contribution in [1.29, 1.82) is 0 Å². The fourth-order valence-corrected chi connectivity index (χ4v) is 2.21. The number of aromatic nitrogens is 1. The highest BCUT2D eigenvalue weighted by atomic mass is 19.4. The number of nitrogens with one attached hydrogen (secondary N) is 1. The second-order valence-electron chi connectivity index (χ2n) is 6.25. The van der Waals surface area contributed by atoms with E-state index in [9.17, 15) is 22.8 Å². The first kappa shape index (κ1) is 18.3. The van der Waals surface area contributed by atoms with E-state index in [1.165, 1.54) is 6.92 Å². The minimum atomic E-state index is -4.58. The van der Waals surface area contributed by atoms with Gasteiger partial charge in [0.2, 0.25) is 5.91 Å². The third-order valence-corrected chi connectivity index (χ3v) is 3.09. The van der Waals surface area contributed by atoms with E-state index in [-0.39, 0.29) is 11.6 Å². The van der Waals surface area contributed by atoms with Gasteiger partial charge in [0, 0.05) is 17.3 Å². The summed E-state index contributed by atoms with van der Waals surface area (Å²) in [5.41, 5.74) is -2.22. The molecule has 0 radical (unpaired) electrons. The molecule has 0 fully saturated rings. The molecule has 1 heterocycles. The SMILES string of the molecule is CC[C@H](C(=O)NC(C)(C)C)n1c(C)cc(C(F)(F)F)cc1=O. The molecule has 1 N–H and O–H groups in total. The Morgan fingerprint density at radius 3 is 2.18 bits per heavy atom. The van der Waals surface area contributed by atoms with E-state index in [0.29, 0.717) is 12.5 Å². The molecule has 0 aliphatic rings. The molecule has 0 bridgehead atoms. The van der Waals surface area contributed by atoms with E-state index in [1.54, 1.807) is 27.7 Å². The maximum atomic E-state index is 12.7. The lowest BCUT2D eigenvalue weighted by atomic mass is 10.1. The van der Waals surface area contributed by atoms with Crippen molar-refractivity contribution in [1.82, 2.24) is 9.88 Å². The van der Waals surface area contributed by atoms with E-state index >= 15 is 0 Å². The van der Waals surface area contributed by atoms with Crippen LogP contribution in [-0.2, 0) is 11.0 Å². The molecule has 124 valence electrons. The van der Waals surface area contributed by atoms with Crippen LogP contribution in [0, 0.1) is 6.92 Å². The van der Waals surface area contributed by atoms with Crippen LogP contribution in [0.15, 0.2) is 16.9 Å². The fraction of sp³-hybridized carbons (Fsp3) is 0.600. The van der Waals surface area contributed by atoms with Crippen molar-refractivity contribution >= 4 is 5.91 Å². The summed E-state index contributed by atoms with van der Waals surface area (Å²) in [4.78, 5) is 24.3. The highest BCUT2D eigenvalue weighted by Crippen LogP contribution is 2.29. The molecule has 0 saturated carbocycles. The lowest BCUT2D eigenvalue weighted by molar-refractivity contribution is -0.137. The van der Waals surface area contributed by atoms with Gasteiger partial charge in [-0.15, -0.1) is 0 Å². The highest BCUT2D eigenvalue weighted by molar-refractivity contribution is 5.81. The number of alkyl halides is 3. The van der Waals surface area contributed by atoms with Gasteiger partial charge in [-0.2, -0.15) is 13.2 Å². The number of hydrogen-bond donors (Lipinski definition) is 1. The Hall–Kier alpha value is -1.79. The van der Waals surface area contributed by atoms with E-state index in [1.807, 2.05) is 0 Å². The number of hydrogen-bond acceptors (Lipinski definition) is 2. The molecule has 1 atom stereocenters. The molecule has 0 aliphatic carbocycles. The third kappa shape index (κ3) is 4.35. The molecule has 4 nitrogen and oxygen atoms in total. The molecule has 1 rings (SSSR count). The van der Waals surface area contributed by atoms with Crippen molar-refractivity contribution in [2.75, 3.05) is 0 Å². The quantitative estimate of drug-likeness (QED) is 0.931. The van der Waals surface area contributed by atoms with E-state index in [4.69, 9.17) is 0 Å². The number of nitrogens with zero attached hydrogens (tertiary/aromatic N) is 1. The Kier molecular flexibility index (Phi) is 5.10. The average molecular weight is 318 g/mol. The fourth-order valence-electron chi connectivity index (χ4n) is 2.21. The van der Waals surface area contributed by atoms with Gasteiger partial charge < -0.3 is 9.88 Å². The van der Waals surface area contributed by atoms with Crippen LogP contribution in [0.4, 0.5) is 13.2 Å². The van der Waals surface area contributed by atoms with Gasteiger partial charge in [-0.3, -0.25) is 9.59 Å². The number of rotatable bonds is 3. The summed E-state index contributed by atoms with van der Waals surface area (Å²) < 4.78 is 39.3. The summed E-state index contributed by atoms with van der Waals surface area (Å²) in [5.74, 6) is -0.389. The molecule has 1 aromatic rings. The largest absolute Gasteiger partial charge is 0.416 e. The van der Waals surface area contributed by atoms with Crippen molar-refractivity contribution < 1.29 is 18.0 Å². The zero-order chi connectivity index (χ0) is 17.3. The molecular formula is C15H21F3N2O2. The van der Waals surface area contributed by atoms with E-state index in [0.717, 1.165) is 10.6 Å². The first-order valence-corrected chi connectivity index (χ1v) is 6.99. The van der Waals surface area contributed by atoms with Crippen LogP contribution < -0.4 is 10.9 Å². The van der Waals surface area contributed by atoms with Crippen LogP contribution in [0.3, 0.4) is 0 Å². The number of aryl methyl sites for hydroxylation is 1. The van der Waals surface area contributed by atoms with Crippen LogP contribution in [0.1, 0.15) is 51.4 Å². The number of amides is 1. The molecule has 0 spiro atoms. The first-order valence-electron chi connectivity index (χ1n) is 6.99. The van der Waals surface area contributed by atoms with Crippen LogP contribution in [0.25, 0.3) is 0 Å². The van der Waals surface area contributed by atoms with Gasteiger partial charge in [0.15, 0.2) is 0 Å². The standard InChI is InChI=1S/C15H21F3N2O2/c1-6-11(13(22)19-14(3,4)5)20-9(2)7-10(8-12(20)21)15(16,17)18/h7-8,11H,6H2,1-5H3,(H,19,22)/t11-/m1/s1. The minimum absolute atomic E-state index is 0.107. The van der Waals surface area contributed by atoms with Crippen LogP contribution in [0.2, 0.25) is 0 Å². The normalized spacial score (nSPS) is 13.8. The predicted octanol–water partition coefficient (Wildman–Crippen LogP) is 3.04.